The first kappa shape index (κ1) is 14.8. The molecule has 0 bridgehead atoms. The van der Waals surface area contributed by atoms with Crippen molar-refractivity contribution >= 4 is 23.3 Å². The average Bonchev–Trinajstić information content (AvgIpc) is 2.37. The lowest BCUT2D eigenvalue weighted by atomic mass is 10.1. The maximum Gasteiger partial charge on any atom is 0.328 e. The molecule has 4 heteroatoms. The van der Waals surface area contributed by atoms with Crippen molar-refractivity contribution < 1.29 is 9.53 Å². The zero-order chi connectivity index (χ0) is 13.4. The zero-order valence-corrected chi connectivity index (χ0v) is 11.7. The smallest absolute Gasteiger partial charge is 0.328 e. The third-order valence-electron chi connectivity index (χ3n) is 2.60. The van der Waals surface area contributed by atoms with E-state index >= 15 is 0 Å². The van der Waals surface area contributed by atoms with Crippen molar-refractivity contribution in [3.8, 4) is 0 Å². The van der Waals surface area contributed by atoms with Crippen LogP contribution in [0.15, 0.2) is 24.3 Å². The summed E-state index contributed by atoms with van der Waals surface area (Å²) in [5.41, 5.74) is 0.883. The molecule has 0 fully saturated rings. The molecule has 1 rings (SSSR count). The monoisotopic (exact) mass is 269 g/mol. The lowest BCUT2D eigenvalue weighted by Crippen LogP contribution is -2.31. The second-order valence-electron chi connectivity index (χ2n) is 4.10. The van der Waals surface area contributed by atoms with Crippen molar-refractivity contribution in [2.75, 3.05) is 11.9 Å². The van der Waals surface area contributed by atoms with E-state index in [4.69, 9.17) is 16.3 Å². The van der Waals surface area contributed by atoms with Gasteiger partial charge < -0.3 is 10.1 Å². The largest absolute Gasteiger partial charge is 0.464 e. The van der Waals surface area contributed by atoms with Gasteiger partial charge >= 0.3 is 5.97 Å². The molecule has 0 aliphatic rings. The maximum atomic E-state index is 11.8. The fourth-order valence-corrected chi connectivity index (χ4v) is 1.77. The molecule has 1 N–H and O–H groups in total. The molecular weight excluding hydrogens is 250 g/mol. The topological polar surface area (TPSA) is 38.3 Å². The summed E-state index contributed by atoms with van der Waals surface area (Å²) in [4.78, 5) is 11.8. The number of carbonyl (C=O) groups is 1. The number of nitrogens with one attached hydrogen (secondary N) is 1. The van der Waals surface area contributed by atoms with E-state index in [2.05, 4.69) is 12.2 Å². The highest BCUT2D eigenvalue weighted by Gasteiger charge is 2.18. The summed E-state index contributed by atoms with van der Waals surface area (Å²) in [5.74, 6) is -0.194. The molecule has 1 aromatic rings. The lowest BCUT2D eigenvalue weighted by Gasteiger charge is -2.18. The highest BCUT2D eigenvalue weighted by Crippen LogP contribution is 2.16. The van der Waals surface area contributed by atoms with E-state index in [1.807, 2.05) is 19.1 Å². The zero-order valence-electron chi connectivity index (χ0n) is 10.9. The maximum absolute atomic E-state index is 11.8. The SMILES string of the molecule is CCCCC(Nc1ccc(Cl)cc1)C(=O)OCC. The Kier molecular flexibility index (Phi) is 6.58. The van der Waals surface area contributed by atoms with Crippen molar-refractivity contribution in [3.63, 3.8) is 0 Å². The molecule has 0 spiro atoms. The number of esters is 1. The van der Waals surface area contributed by atoms with Gasteiger partial charge in [0.15, 0.2) is 0 Å². The van der Waals surface area contributed by atoms with E-state index < -0.39 is 0 Å². The molecule has 18 heavy (non-hydrogen) atoms. The quantitative estimate of drug-likeness (QED) is 0.764. The van der Waals surface area contributed by atoms with Gasteiger partial charge in [0, 0.05) is 10.7 Å². The summed E-state index contributed by atoms with van der Waals surface area (Å²) in [6.45, 7) is 4.32. The molecule has 3 nitrogen and oxygen atoms in total. The Morgan fingerprint density at radius 1 is 1.33 bits per heavy atom. The Bertz CT molecular complexity index is 365. The van der Waals surface area contributed by atoms with Crippen molar-refractivity contribution in [2.45, 2.75) is 39.2 Å². The van der Waals surface area contributed by atoms with Crippen LogP contribution in [-0.2, 0) is 9.53 Å². The van der Waals surface area contributed by atoms with Crippen molar-refractivity contribution in [3.05, 3.63) is 29.3 Å². The van der Waals surface area contributed by atoms with Crippen LogP contribution in [0, 0.1) is 0 Å². The van der Waals surface area contributed by atoms with Crippen LogP contribution in [0.3, 0.4) is 0 Å². The minimum absolute atomic E-state index is 0.194. The van der Waals surface area contributed by atoms with Gasteiger partial charge in [0.2, 0.25) is 0 Å². The fourth-order valence-electron chi connectivity index (χ4n) is 1.65. The molecule has 0 aliphatic heterocycles. The van der Waals surface area contributed by atoms with Gasteiger partial charge in [0.25, 0.3) is 0 Å². The molecule has 0 aliphatic carbocycles. The highest BCUT2D eigenvalue weighted by molar-refractivity contribution is 6.30. The van der Waals surface area contributed by atoms with Crippen molar-refractivity contribution in [1.29, 1.82) is 0 Å². The number of hydrogen-bond donors (Lipinski definition) is 1. The molecule has 0 saturated carbocycles. The second kappa shape index (κ2) is 7.98. The summed E-state index contributed by atoms with van der Waals surface area (Å²) in [6, 6.07) is 7.03. The molecule has 0 amide bonds. The van der Waals surface area contributed by atoms with E-state index in [0.29, 0.717) is 11.6 Å². The number of carbonyl (C=O) groups excluding carboxylic acids is 1. The first-order valence-corrected chi connectivity index (χ1v) is 6.74. The van der Waals surface area contributed by atoms with Crippen LogP contribution in [0.2, 0.25) is 5.02 Å². The number of ether oxygens (including phenoxy) is 1. The van der Waals surface area contributed by atoms with Gasteiger partial charge in [0.1, 0.15) is 6.04 Å². The van der Waals surface area contributed by atoms with Crippen LogP contribution < -0.4 is 5.32 Å². The van der Waals surface area contributed by atoms with Crippen LogP contribution in [0.1, 0.15) is 33.1 Å². The first-order valence-electron chi connectivity index (χ1n) is 6.36. The Hall–Kier alpha value is -1.22. The van der Waals surface area contributed by atoms with Crippen LogP contribution in [0.5, 0.6) is 0 Å². The summed E-state index contributed by atoms with van der Waals surface area (Å²) in [5, 5.41) is 3.87. The molecule has 0 saturated heterocycles. The van der Waals surface area contributed by atoms with E-state index in [-0.39, 0.29) is 12.0 Å². The predicted molar refractivity (Wildman–Crippen MR) is 75.0 cm³/mol. The minimum Gasteiger partial charge on any atom is -0.464 e. The summed E-state index contributed by atoms with van der Waals surface area (Å²) in [7, 11) is 0. The van der Waals surface area contributed by atoms with Gasteiger partial charge in [-0.3, -0.25) is 0 Å². The minimum atomic E-state index is -0.286. The molecule has 1 atom stereocenters. The number of benzene rings is 1. The second-order valence-corrected chi connectivity index (χ2v) is 4.53. The molecule has 0 radical (unpaired) electrons. The third kappa shape index (κ3) is 4.96. The van der Waals surface area contributed by atoms with Gasteiger partial charge in [-0.2, -0.15) is 0 Å². The molecule has 100 valence electrons. The van der Waals surface area contributed by atoms with Crippen LogP contribution in [-0.4, -0.2) is 18.6 Å². The summed E-state index contributed by atoms with van der Waals surface area (Å²) in [6.07, 6.45) is 2.82. The molecule has 0 aromatic heterocycles. The standard InChI is InChI=1S/C14H20ClNO2/c1-3-5-6-13(14(17)18-4-2)16-12-9-7-11(15)8-10-12/h7-10,13,16H,3-6H2,1-2H3. The van der Waals surface area contributed by atoms with E-state index in [1.54, 1.807) is 12.1 Å². The number of unbranched alkanes of at least 4 members (excludes halogenated alkanes) is 1. The van der Waals surface area contributed by atoms with Gasteiger partial charge in [-0.1, -0.05) is 31.4 Å². The van der Waals surface area contributed by atoms with Crippen LogP contribution in [0.4, 0.5) is 5.69 Å². The number of halogens is 1. The lowest BCUT2D eigenvalue weighted by molar-refractivity contribution is -0.144. The van der Waals surface area contributed by atoms with E-state index in [1.165, 1.54) is 0 Å². The fraction of sp³-hybridized carbons (Fsp3) is 0.500. The molecule has 1 unspecified atom stereocenters. The van der Waals surface area contributed by atoms with Gasteiger partial charge in [-0.05, 0) is 37.6 Å². The number of rotatable bonds is 7. The predicted octanol–water partition coefficient (Wildman–Crippen LogP) is 3.87. The van der Waals surface area contributed by atoms with E-state index in [0.717, 1.165) is 24.9 Å². The summed E-state index contributed by atoms with van der Waals surface area (Å²) < 4.78 is 5.07. The number of hydrogen-bond acceptors (Lipinski definition) is 3. The molecule has 0 heterocycles. The van der Waals surface area contributed by atoms with Crippen molar-refractivity contribution in [2.24, 2.45) is 0 Å². The van der Waals surface area contributed by atoms with Gasteiger partial charge in [-0.25, -0.2) is 4.79 Å². The average molecular weight is 270 g/mol. The Labute approximate surface area is 113 Å². The molecule has 1 aromatic carbocycles. The van der Waals surface area contributed by atoms with Gasteiger partial charge in [-0.15, -0.1) is 0 Å². The number of anilines is 1. The van der Waals surface area contributed by atoms with E-state index in [9.17, 15) is 4.79 Å². The third-order valence-corrected chi connectivity index (χ3v) is 2.85. The summed E-state index contributed by atoms with van der Waals surface area (Å²) >= 11 is 5.82. The molecular formula is C14H20ClNO2. The first-order chi connectivity index (χ1) is 8.67. The Morgan fingerprint density at radius 3 is 2.56 bits per heavy atom. The van der Waals surface area contributed by atoms with Crippen LogP contribution >= 0.6 is 11.6 Å². The van der Waals surface area contributed by atoms with Crippen LogP contribution in [0.25, 0.3) is 0 Å². The van der Waals surface area contributed by atoms with Gasteiger partial charge in [0.05, 0.1) is 6.61 Å². The normalized spacial score (nSPS) is 11.9. The highest BCUT2D eigenvalue weighted by atomic mass is 35.5. The Balaban J connectivity index is 2.64. The Morgan fingerprint density at radius 2 is 2.00 bits per heavy atom. The van der Waals surface area contributed by atoms with Crippen molar-refractivity contribution in [1.82, 2.24) is 0 Å².